The van der Waals surface area contributed by atoms with E-state index in [2.05, 4.69) is 0 Å². The van der Waals surface area contributed by atoms with Crippen LogP contribution < -0.4 is 5.73 Å². The van der Waals surface area contributed by atoms with Crippen molar-refractivity contribution in [3.63, 3.8) is 0 Å². The Bertz CT molecular complexity index is 89.6. The van der Waals surface area contributed by atoms with Crippen LogP contribution in [0.5, 0.6) is 0 Å². The summed E-state index contributed by atoms with van der Waals surface area (Å²) >= 11 is 0. The molecule has 0 aromatic carbocycles. The van der Waals surface area contributed by atoms with E-state index in [4.69, 9.17) is 15.2 Å². The van der Waals surface area contributed by atoms with Gasteiger partial charge in [0, 0.05) is 6.04 Å². The van der Waals surface area contributed by atoms with Gasteiger partial charge >= 0.3 is 0 Å². The summed E-state index contributed by atoms with van der Waals surface area (Å²) in [5.41, 5.74) is 5.59. The maximum absolute atomic E-state index is 5.59. The second-order valence-electron chi connectivity index (χ2n) is 2.78. The summed E-state index contributed by atoms with van der Waals surface area (Å²) in [6.45, 7) is 4.15. The predicted octanol–water partition coefficient (Wildman–Crippen LogP) is 0.139. The highest BCUT2D eigenvalue weighted by Crippen LogP contribution is 2.05. The molecule has 60 valence electrons. The smallest absolute Gasteiger partial charge is 0.0824 e. The molecule has 1 aliphatic heterocycles. The molecule has 0 aliphatic carbocycles. The van der Waals surface area contributed by atoms with E-state index in [1.165, 1.54) is 0 Å². The van der Waals surface area contributed by atoms with E-state index in [1.807, 2.05) is 6.92 Å². The van der Waals surface area contributed by atoms with E-state index in [0.29, 0.717) is 6.61 Å². The lowest BCUT2D eigenvalue weighted by molar-refractivity contribution is -0.0920. The van der Waals surface area contributed by atoms with Crippen molar-refractivity contribution in [1.82, 2.24) is 0 Å². The first-order valence-electron chi connectivity index (χ1n) is 3.74. The normalized spacial score (nSPS) is 30.0. The molecule has 2 atom stereocenters. The van der Waals surface area contributed by atoms with Gasteiger partial charge in [-0.1, -0.05) is 0 Å². The van der Waals surface area contributed by atoms with Crippen LogP contribution in [-0.4, -0.2) is 32.0 Å². The van der Waals surface area contributed by atoms with Crippen LogP contribution in [0, 0.1) is 0 Å². The van der Waals surface area contributed by atoms with Gasteiger partial charge in [-0.05, 0) is 13.3 Å². The van der Waals surface area contributed by atoms with Crippen molar-refractivity contribution < 1.29 is 9.47 Å². The van der Waals surface area contributed by atoms with E-state index < -0.39 is 0 Å². The van der Waals surface area contributed by atoms with Crippen molar-refractivity contribution in [3.8, 4) is 0 Å². The van der Waals surface area contributed by atoms with Gasteiger partial charge in [-0.3, -0.25) is 0 Å². The topological polar surface area (TPSA) is 44.5 Å². The average molecular weight is 145 g/mol. The van der Waals surface area contributed by atoms with Crippen molar-refractivity contribution >= 4 is 0 Å². The molecule has 0 saturated carbocycles. The molecule has 0 aromatic heterocycles. The van der Waals surface area contributed by atoms with Gasteiger partial charge in [-0.15, -0.1) is 0 Å². The number of nitrogens with two attached hydrogens (primary N) is 1. The molecule has 3 heteroatoms. The molecule has 0 radical (unpaired) electrons. The summed E-state index contributed by atoms with van der Waals surface area (Å²) in [4.78, 5) is 0. The maximum Gasteiger partial charge on any atom is 0.0824 e. The minimum absolute atomic E-state index is 0.215. The zero-order chi connectivity index (χ0) is 7.40. The van der Waals surface area contributed by atoms with Crippen molar-refractivity contribution in [1.29, 1.82) is 0 Å². The Kier molecular flexibility index (Phi) is 3.12. The standard InChI is InChI=1S/C7H15NO2/c1-6(8)4-7-5-9-2-3-10-7/h6-7H,2-5,8H2,1H3. The number of rotatable bonds is 2. The van der Waals surface area contributed by atoms with E-state index in [9.17, 15) is 0 Å². The Hall–Kier alpha value is -0.120. The number of ether oxygens (including phenoxy) is 2. The zero-order valence-electron chi connectivity index (χ0n) is 6.38. The van der Waals surface area contributed by atoms with Crippen molar-refractivity contribution in [3.05, 3.63) is 0 Å². The van der Waals surface area contributed by atoms with Gasteiger partial charge < -0.3 is 15.2 Å². The molecule has 1 rings (SSSR count). The van der Waals surface area contributed by atoms with Crippen LogP contribution in [-0.2, 0) is 9.47 Å². The Morgan fingerprint density at radius 1 is 1.60 bits per heavy atom. The lowest BCUT2D eigenvalue weighted by Crippen LogP contribution is -2.33. The Labute approximate surface area is 61.5 Å². The minimum Gasteiger partial charge on any atom is -0.376 e. The lowest BCUT2D eigenvalue weighted by atomic mass is 10.1. The van der Waals surface area contributed by atoms with Gasteiger partial charge in [0.05, 0.1) is 25.9 Å². The van der Waals surface area contributed by atoms with Crippen molar-refractivity contribution in [2.24, 2.45) is 5.73 Å². The van der Waals surface area contributed by atoms with Crippen LogP contribution >= 0.6 is 0 Å². The van der Waals surface area contributed by atoms with Gasteiger partial charge in [0.15, 0.2) is 0 Å². The van der Waals surface area contributed by atoms with Crippen LogP contribution in [0.4, 0.5) is 0 Å². The summed E-state index contributed by atoms with van der Waals surface area (Å²) in [5.74, 6) is 0. The molecule has 0 aromatic rings. The summed E-state index contributed by atoms with van der Waals surface area (Å²) in [5, 5.41) is 0. The molecule has 0 spiro atoms. The molecule has 0 bridgehead atoms. The van der Waals surface area contributed by atoms with Crippen LogP contribution in [0.3, 0.4) is 0 Å². The van der Waals surface area contributed by atoms with Gasteiger partial charge in [-0.25, -0.2) is 0 Å². The lowest BCUT2D eigenvalue weighted by Gasteiger charge is -2.23. The Balaban J connectivity index is 2.13. The first kappa shape index (κ1) is 7.98. The molecule has 1 fully saturated rings. The zero-order valence-corrected chi connectivity index (χ0v) is 6.38. The largest absolute Gasteiger partial charge is 0.376 e. The second kappa shape index (κ2) is 3.91. The van der Waals surface area contributed by atoms with Gasteiger partial charge in [0.2, 0.25) is 0 Å². The van der Waals surface area contributed by atoms with Crippen LogP contribution in [0.15, 0.2) is 0 Å². The summed E-state index contributed by atoms with van der Waals surface area (Å²) in [6.07, 6.45) is 1.13. The fourth-order valence-electron chi connectivity index (χ4n) is 1.09. The molecule has 0 amide bonds. The monoisotopic (exact) mass is 145 g/mol. The summed E-state index contributed by atoms with van der Waals surface area (Å²) in [6, 6.07) is 0.215. The third kappa shape index (κ3) is 2.64. The van der Waals surface area contributed by atoms with Crippen LogP contribution in [0.2, 0.25) is 0 Å². The molecule has 1 saturated heterocycles. The predicted molar refractivity (Wildman–Crippen MR) is 38.8 cm³/mol. The first-order valence-corrected chi connectivity index (χ1v) is 3.74. The van der Waals surface area contributed by atoms with Gasteiger partial charge in [0.25, 0.3) is 0 Å². The number of hydrogen-bond donors (Lipinski definition) is 1. The summed E-state index contributed by atoms with van der Waals surface area (Å²) in [7, 11) is 0. The van der Waals surface area contributed by atoms with Crippen molar-refractivity contribution in [2.45, 2.75) is 25.5 Å². The highest BCUT2D eigenvalue weighted by molar-refractivity contribution is 4.66. The molecule has 1 heterocycles. The van der Waals surface area contributed by atoms with Gasteiger partial charge in [-0.2, -0.15) is 0 Å². The minimum atomic E-state index is 0.215. The fourth-order valence-corrected chi connectivity index (χ4v) is 1.09. The third-order valence-corrected chi connectivity index (χ3v) is 1.52. The molecule has 1 aliphatic rings. The highest BCUT2D eigenvalue weighted by Gasteiger charge is 2.14. The number of hydrogen-bond acceptors (Lipinski definition) is 3. The van der Waals surface area contributed by atoms with E-state index in [-0.39, 0.29) is 12.1 Å². The van der Waals surface area contributed by atoms with E-state index in [1.54, 1.807) is 0 Å². The molecule has 2 unspecified atom stereocenters. The molecule has 2 N–H and O–H groups in total. The van der Waals surface area contributed by atoms with Gasteiger partial charge in [0.1, 0.15) is 0 Å². The van der Waals surface area contributed by atoms with E-state index >= 15 is 0 Å². The van der Waals surface area contributed by atoms with Crippen LogP contribution in [0.25, 0.3) is 0 Å². The van der Waals surface area contributed by atoms with Crippen molar-refractivity contribution in [2.75, 3.05) is 19.8 Å². The average Bonchev–Trinajstić information content (AvgIpc) is 1.88. The Morgan fingerprint density at radius 3 is 2.90 bits per heavy atom. The highest BCUT2D eigenvalue weighted by atomic mass is 16.6. The van der Waals surface area contributed by atoms with E-state index in [0.717, 1.165) is 19.6 Å². The SMILES string of the molecule is CC(N)CC1COCCO1. The first-order chi connectivity index (χ1) is 4.79. The second-order valence-corrected chi connectivity index (χ2v) is 2.78. The van der Waals surface area contributed by atoms with Crippen LogP contribution in [0.1, 0.15) is 13.3 Å². The molecule has 3 nitrogen and oxygen atoms in total. The fraction of sp³-hybridized carbons (Fsp3) is 1.00. The molecule has 10 heavy (non-hydrogen) atoms. The molecular weight excluding hydrogens is 130 g/mol. The Morgan fingerprint density at radius 2 is 2.40 bits per heavy atom. The third-order valence-electron chi connectivity index (χ3n) is 1.52. The molecular formula is C7H15NO2. The maximum atomic E-state index is 5.59. The summed E-state index contributed by atoms with van der Waals surface area (Å²) < 4.78 is 10.6. The quantitative estimate of drug-likeness (QED) is 0.601.